The first-order chi connectivity index (χ1) is 13.6. The molecule has 0 aliphatic rings. The normalized spacial score (nSPS) is 12.0. The van der Waals surface area contributed by atoms with Gasteiger partial charge in [0.05, 0.1) is 28.1 Å². The van der Waals surface area contributed by atoms with E-state index < -0.39 is 0 Å². The third-order valence-electron chi connectivity index (χ3n) is 4.82. The third kappa shape index (κ3) is 3.15. The molecule has 142 valence electrons. The summed E-state index contributed by atoms with van der Waals surface area (Å²) in [5, 5.41) is 16.6. The van der Waals surface area contributed by atoms with Crippen LogP contribution in [-0.2, 0) is 13.0 Å². The summed E-state index contributed by atoms with van der Waals surface area (Å²) in [6.07, 6.45) is 2.26. The van der Waals surface area contributed by atoms with Gasteiger partial charge in [0.2, 0.25) is 0 Å². The number of fused-ring (bicyclic) bond motifs is 1. The molecule has 2 aromatic heterocycles. The lowest BCUT2D eigenvalue weighted by Crippen LogP contribution is -2.07. The summed E-state index contributed by atoms with van der Waals surface area (Å²) in [6, 6.07) is 14.1. The zero-order chi connectivity index (χ0) is 19.7. The topological polar surface area (TPSA) is 68.2 Å². The fraction of sp³-hybridized carbons (Fsp3) is 0.190. The molecular formula is C21H20FN5O. The molecule has 2 aromatic carbocycles. The van der Waals surface area contributed by atoms with Gasteiger partial charge in [-0.25, -0.2) is 14.1 Å². The van der Waals surface area contributed by atoms with Gasteiger partial charge in [-0.05, 0) is 50.2 Å². The highest BCUT2D eigenvalue weighted by atomic mass is 19.1. The summed E-state index contributed by atoms with van der Waals surface area (Å²) < 4.78 is 17.5. The number of rotatable bonds is 5. The number of aryl methyl sites for hydroxylation is 1. The number of hydrogen-bond acceptors (Lipinski definition) is 4. The summed E-state index contributed by atoms with van der Waals surface area (Å²) in [4.78, 5) is 4.80. The molecule has 0 saturated carbocycles. The molecule has 28 heavy (non-hydrogen) atoms. The highest BCUT2D eigenvalue weighted by molar-refractivity contribution is 6.00. The maximum atomic E-state index is 13.6. The van der Waals surface area contributed by atoms with Crippen molar-refractivity contribution in [2.45, 2.75) is 26.8 Å². The second-order valence-corrected chi connectivity index (χ2v) is 6.55. The van der Waals surface area contributed by atoms with Gasteiger partial charge in [0.15, 0.2) is 0 Å². The Kier molecular flexibility index (Phi) is 4.65. The van der Waals surface area contributed by atoms with Crippen LogP contribution in [0.5, 0.6) is 0 Å². The van der Waals surface area contributed by atoms with E-state index in [1.807, 2.05) is 30.3 Å². The SMILES string of the molecule is CCn1c(Cc2ccnn2-c2cccc(F)c2)nc2cc(/C(C)=N/O)ccc21. The van der Waals surface area contributed by atoms with Crippen molar-refractivity contribution in [3.63, 3.8) is 0 Å². The Bertz CT molecular complexity index is 1170. The molecular weight excluding hydrogens is 357 g/mol. The maximum Gasteiger partial charge on any atom is 0.125 e. The van der Waals surface area contributed by atoms with Crippen LogP contribution in [0.4, 0.5) is 4.39 Å². The second kappa shape index (κ2) is 7.26. The first kappa shape index (κ1) is 17.9. The minimum absolute atomic E-state index is 0.298. The van der Waals surface area contributed by atoms with Crippen molar-refractivity contribution in [1.29, 1.82) is 0 Å². The van der Waals surface area contributed by atoms with Crippen molar-refractivity contribution < 1.29 is 9.60 Å². The van der Waals surface area contributed by atoms with Crippen molar-refractivity contribution >= 4 is 16.7 Å². The highest BCUT2D eigenvalue weighted by Crippen LogP contribution is 2.22. The maximum absolute atomic E-state index is 13.6. The first-order valence-electron chi connectivity index (χ1n) is 9.07. The van der Waals surface area contributed by atoms with Crippen LogP contribution >= 0.6 is 0 Å². The third-order valence-corrected chi connectivity index (χ3v) is 4.82. The average molecular weight is 377 g/mol. The Balaban J connectivity index is 1.76. The molecule has 0 bridgehead atoms. The van der Waals surface area contributed by atoms with E-state index in [1.165, 1.54) is 12.1 Å². The van der Waals surface area contributed by atoms with Crippen molar-refractivity contribution in [2.75, 3.05) is 0 Å². The molecule has 0 aliphatic heterocycles. The molecule has 0 saturated heterocycles. The molecule has 4 aromatic rings. The molecule has 0 aliphatic carbocycles. The van der Waals surface area contributed by atoms with Gasteiger partial charge in [0.1, 0.15) is 11.6 Å². The van der Waals surface area contributed by atoms with E-state index in [1.54, 1.807) is 23.9 Å². The largest absolute Gasteiger partial charge is 0.411 e. The lowest BCUT2D eigenvalue weighted by Gasteiger charge is -2.09. The van der Waals surface area contributed by atoms with Gasteiger partial charge in [-0.3, -0.25) is 0 Å². The zero-order valence-corrected chi connectivity index (χ0v) is 15.7. The number of imidazole rings is 1. The van der Waals surface area contributed by atoms with Gasteiger partial charge in [0, 0.05) is 24.7 Å². The van der Waals surface area contributed by atoms with Crippen molar-refractivity contribution in [2.24, 2.45) is 5.16 Å². The quantitative estimate of drug-likeness (QED) is 0.322. The van der Waals surface area contributed by atoms with E-state index in [4.69, 9.17) is 10.2 Å². The van der Waals surface area contributed by atoms with Crippen LogP contribution < -0.4 is 0 Å². The van der Waals surface area contributed by atoms with Gasteiger partial charge >= 0.3 is 0 Å². The van der Waals surface area contributed by atoms with Crippen LogP contribution in [0, 0.1) is 5.82 Å². The van der Waals surface area contributed by atoms with E-state index in [2.05, 4.69) is 21.7 Å². The Morgan fingerprint density at radius 3 is 2.79 bits per heavy atom. The number of oxime groups is 1. The van der Waals surface area contributed by atoms with E-state index in [-0.39, 0.29) is 5.82 Å². The first-order valence-corrected chi connectivity index (χ1v) is 9.07. The van der Waals surface area contributed by atoms with Crippen LogP contribution in [0.25, 0.3) is 16.7 Å². The monoisotopic (exact) mass is 377 g/mol. The molecule has 0 unspecified atom stereocenters. The number of halogens is 1. The number of aromatic nitrogens is 4. The van der Waals surface area contributed by atoms with E-state index in [9.17, 15) is 4.39 Å². The predicted octanol–water partition coefficient (Wildman–Crippen LogP) is 4.17. The van der Waals surface area contributed by atoms with Gasteiger partial charge in [-0.2, -0.15) is 5.10 Å². The molecule has 0 spiro atoms. The molecule has 0 radical (unpaired) electrons. The summed E-state index contributed by atoms with van der Waals surface area (Å²) in [6.45, 7) is 4.59. The summed E-state index contributed by atoms with van der Waals surface area (Å²) in [7, 11) is 0. The van der Waals surface area contributed by atoms with Crippen LogP contribution in [-0.4, -0.2) is 30.3 Å². The molecule has 6 nitrogen and oxygen atoms in total. The minimum Gasteiger partial charge on any atom is -0.411 e. The Hall–Kier alpha value is -3.48. The number of nitrogens with zero attached hydrogens (tertiary/aromatic N) is 5. The standard InChI is InChI=1S/C21H20FN5O/c1-3-26-20-8-7-15(14(2)25-28)11-19(20)24-21(26)13-18-9-10-23-27(18)17-6-4-5-16(22)12-17/h4-12,28H,3,13H2,1-2H3/b25-14+. The molecule has 1 N–H and O–H groups in total. The fourth-order valence-corrected chi connectivity index (χ4v) is 3.42. The van der Waals surface area contributed by atoms with Crippen molar-refractivity contribution in [3.05, 3.63) is 77.6 Å². The van der Waals surface area contributed by atoms with E-state index in [0.29, 0.717) is 17.8 Å². The molecule has 0 atom stereocenters. The van der Waals surface area contributed by atoms with Gasteiger partial charge in [-0.15, -0.1) is 0 Å². The predicted molar refractivity (Wildman–Crippen MR) is 106 cm³/mol. The van der Waals surface area contributed by atoms with Crippen LogP contribution in [0.15, 0.2) is 59.9 Å². The lowest BCUT2D eigenvalue weighted by atomic mass is 10.1. The highest BCUT2D eigenvalue weighted by Gasteiger charge is 2.14. The number of benzene rings is 2. The zero-order valence-electron chi connectivity index (χ0n) is 15.7. The smallest absolute Gasteiger partial charge is 0.125 e. The van der Waals surface area contributed by atoms with Crippen LogP contribution in [0.2, 0.25) is 0 Å². The summed E-state index contributed by atoms with van der Waals surface area (Å²) in [5.74, 6) is 0.597. The molecule has 0 fully saturated rings. The summed E-state index contributed by atoms with van der Waals surface area (Å²) in [5.41, 5.74) is 4.82. The minimum atomic E-state index is -0.298. The molecule has 2 heterocycles. The van der Waals surface area contributed by atoms with Gasteiger partial charge < -0.3 is 9.77 Å². The second-order valence-electron chi connectivity index (χ2n) is 6.55. The van der Waals surface area contributed by atoms with Crippen LogP contribution in [0.3, 0.4) is 0 Å². The van der Waals surface area contributed by atoms with Crippen molar-refractivity contribution in [3.8, 4) is 5.69 Å². The van der Waals surface area contributed by atoms with Crippen LogP contribution in [0.1, 0.15) is 30.9 Å². The Labute approximate surface area is 161 Å². The fourth-order valence-electron chi connectivity index (χ4n) is 3.42. The van der Waals surface area contributed by atoms with Gasteiger partial charge in [0.25, 0.3) is 0 Å². The lowest BCUT2D eigenvalue weighted by molar-refractivity contribution is 0.319. The van der Waals surface area contributed by atoms with E-state index in [0.717, 1.165) is 34.7 Å². The van der Waals surface area contributed by atoms with E-state index >= 15 is 0 Å². The molecule has 4 rings (SSSR count). The number of hydrogen-bond donors (Lipinski definition) is 1. The Morgan fingerprint density at radius 1 is 1.18 bits per heavy atom. The Morgan fingerprint density at radius 2 is 2.04 bits per heavy atom. The average Bonchev–Trinajstić information content (AvgIpc) is 3.30. The van der Waals surface area contributed by atoms with Crippen molar-refractivity contribution in [1.82, 2.24) is 19.3 Å². The molecule has 7 heteroatoms. The summed E-state index contributed by atoms with van der Waals surface area (Å²) >= 11 is 0. The van der Waals surface area contributed by atoms with Gasteiger partial charge in [-0.1, -0.05) is 17.3 Å². The molecule has 0 amide bonds.